The Morgan fingerprint density at radius 2 is 2.33 bits per heavy atom. The molecule has 0 spiro atoms. The van der Waals surface area contributed by atoms with E-state index in [0.29, 0.717) is 5.17 Å². The number of hydroxylamine groups is 2. The molecule has 0 amide bonds. The smallest absolute Gasteiger partial charge is 0.186 e. The van der Waals surface area contributed by atoms with Gasteiger partial charge in [0, 0.05) is 7.05 Å². The van der Waals surface area contributed by atoms with Gasteiger partial charge in [-0.2, -0.15) is 0 Å². The predicted molar refractivity (Wildman–Crippen MR) is 55.3 cm³/mol. The monoisotopic (exact) mass is 234 g/mol. The fourth-order valence-electron chi connectivity index (χ4n) is 1.52. The van der Waals surface area contributed by atoms with E-state index in [1.807, 2.05) is 0 Å². The normalized spacial score (nSPS) is 39.9. The lowest BCUT2D eigenvalue weighted by Gasteiger charge is -2.31. The molecule has 15 heavy (non-hydrogen) atoms. The van der Waals surface area contributed by atoms with Crippen LogP contribution in [0.3, 0.4) is 0 Å². The van der Waals surface area contributed by atoms with Gasteiger partial charge in [-0.25, -0.2) is 5.06 Å². The molecule has 2 rings (SSSR count). The molecule has 6 nitrogen and oxygen atoms in total. The largest absolute Gasteiger partial charge is 0.388 e. The highest BCUT2D eigenvalue weighted by molar-refractivity contribution is 8.14. The van der Waals surface area contributed by atoms with Crippen LogP contribution < -0.4 is 0 Å². The highest BCUT2D eigenvalue weighted by atomic mass is 32.2. The summed E-state index contributed by atoms with van der Waals surface area (Å²) < 4.78 is 5.37. The van der Waals surface area contributed by atoms with Crippen LogP contribution in [-0.4, -0.2) is 64.9 Å². The number of aliphatic hydroxyl groups is 2. The highest BCUT2D eigenvalue weighted by Crippen LogP contribution is 2.34. The van der Waals surface area contributed by atoms with Gasteiger partial charge in [0.15, 0.2) is 5.17 Å². The second kappa shape index (κ2) is 4.26. The minimum atomic E-state index is -0.862. The molecular weight excluding hydrogens is 220 g/mol. The van der Waals surface area contributed by atoms with Crippen LogP contribution in [0, 0.1) is 0 Å². The van der Waals surface area contributed by atoms with E-state index in [9.17, 15) is 10.2 Å². The summed E-state index contributed by atoms with van der Waals surface area (Å²) in [6, 6.07) is -0.411. The lowest BCUT2D eigenvalue weighted by molar-refractivity contribution is -0.105. The second-order valence-corrected chi connectivity index (χ2v) is 4.53. The number of hydrogen-bond donors (Lipinski definition) is 2. The Morgan fingerprint density at radius 3 is 3.00 bits per heavy atom. The van der Waals surface area contributed by atoms with E-state index < -0.39 is 18.2 Å². The minimum Gasteiger partial charge on any atom is -0.388 e. The molecule has 1 fully saturated rings. The molecule has 0 aromatic carbocycles. The van der Waals surface area contributed by atoms with Gasteiger partial charge in [0.1, 0.15) is 23.7 Å². The number of amidine groups is 1. The molecule has 2 heterocycles. The summed E-state index contributed by atoms with van der Waals surface area (Å²) in [5.74, 6) is 0. The third-order valence-electron chi connectivity index (χ3n) is 2.48. The van der Waals surface area contributed by atoms with Crippen molar-refractivity contribution in [1.29, 1.82) is 0 Å². The third kappa shape index (κ3) is 1.98. The Labute approximate surface area is 91.8 Å². The molecule has 2 aliphatic heterocycles. The molecule has 4 unspecified atom stereocenters. The highest BCUT2D eigenvalue weighted by Gasteiger charge is 2.44. The van der Waals surface area contributed by atoms with Crippen molar-refractivity contribution >= 4 is 16.9 Å². The number of rotatable bonds is 1. The van der Waals surface area contributed by atoms with Gasteiger partial charge < -0.3 is 14.9 Å². The number of fused-ring (bicyclic) bond motifs is 1. The molecule has 0 aliphatic carbocycles. The van der Waals surface area contributed by atoms with Gasteiger partial charge in [-0.3, -0.25) is 9.83 Å². The van der Waals surface area contributed by atoms with Crippen molar-refractivity contribution in [3.8, 4) is 0 Å². The van der Waals surface area contributed by atoms with Gasteiger partial charge in [0.05, 0.1) is 13.7 Å². The molecule has 0 radical (unpaired) electrons. The first-order valence-electron chi connectivity index (χ1n) is 4.63. The van der Waals surface area contributed by atoms with Gasteiger partial charge in [-0.15, -0.1) is 0 Å². The maximum Gasteiger partial charge on any atom is 0.186 e. The number of aliphatic imine (C=N–C) groups is 1. The Balaban J connectivity index is 2.10. The number of ether oxygens (including phenoxy) is 1. The molecule has 7 heteroatoms. The molecule has 0 aromatic rings. The van der Waals surface area contributed by atoms with Crippen molar-refractivity contribution < 1.29 is 19.8 Å². The predicted octanol–water partition coefficient (Wildman–Crippen LogP) is -0.971. The summed E-state index contributed by atoms with van der Waals surface area (Å²) in [5.41, 5.74) is -0.226. The summed E-state index contributed by atoms with van der Waals surface area (Å²) in [5, 5.41) is 21.3. The fraction of sp³-hybridized carbons (Fsp3) is 0.875. The minimum absolute atomic E-state index is 0.148. The zero-order valence-electron chi connectivity index (χ0n) is 8.53. The fourth-order valence-corrected chi connectivity index (χ4v) is 2.64. The van der Waals surface area contributed by atoms with E-state index in [1.165, 1.54) is 23.9 Å². The van der Waals surface area contributed by atoms with Crippen LogP contribution in [0.2, 0.25) is 0 Å². The van der Waals surface area contributed by atoms with Gasteiger partial charge in [0.25, 0.3) is 0 Å². The summed E-state index contributed by atoms with van der Waals surface area (Å²) in [6.45, 7) is 0.148. The standard InChI is InChI=1S/C8H14N2O4S/c1-10(13-2)8-9-5-6(12)4(11)3-14-7(5)15-8/h4-7,11-12H,3H2,1-2H3. The lowest BCUT2D eigenvalue weighted by Crippen LogP contribution is -2.49. The summed E-state index contributed by atoms with van der Waals surface area (Å²) in [6.07, 6.45) is -1.72. The van der Waals surface area contributed by atoms with E-state index in [-0.39, 0.29) is 12.0 Å². The Bertz CT molecular complexity index is 275. The van der Waals surface area contributed by atoms with Crippen molar-refractivity contribution in [2.75, 3.05) is 20.8 Å². The molecule has 0 saturated carbocycles. The molecule has 4 atom stereocenters. The molecule has 2 aliphatic rings. The quantitative estimate of drug-likeness (QED) is 0.569. The number of aliphatic hydroxyl groups excluding tert-OH is 2. The summed E-state index contributed by atoms with van der Waals surface area (Å²) in [4.78, 5) is 9.24. The molecule has 2 N–H and O–H groups in total. The summed E-state index contributed by atoms with van der Waals surface area (Å²) in [7, 11) is 3.27. The zero-order valence-corrected chi connectivity index (χ0v) is 9.35. The number of hydrogen-bond acceptors (Lipinski definition) is 7. The van der Waals surface area contributed by atoms with Crippen LogP contribution in [0.4, 0.5) is 0 Å². The van der Waals surface area contributed by atoms with Gasteiger partial charge in [0.2, 0.25) is 0 Å². The SMILES string of the molecule is CON(C)C1=NC2C(OCC(O)C2O)S1. The second-order valence-electron chi connectivity index (χ2n) is 3.46. The first-order chi connectivity index (χ1) is 7.13. The van der Waals surface area contributed by atoms with Crippen LogP contribution in [0.1, 0.15) is 0 Å². The van der Waals surface area contributed by atoms with Gasteiger partial charge in [-0.1, -0.05) is 11.8 Å². The molecule has 0 bridgehead atoms. The van der Waals surface area contributed by atoms with Crippen LogP contribution in [-0.2, 0) is 9.57 Å². The van der Waals surface area contributed by atoms with Crippen molar-refractivity contribution in [2.24, 2.45) is 4.99 Å². The first kappa shape index (κ1) is 11.2. The van der Waals surface area contributed by atoms with E-state index in [2.05, 4.69) is 4.99 Å². The van der Waals surface area contributed by atoms with E-state index in [0.717, 1.165) is 0 Å². The van der Waals surface area contributed by atoms with Crippen molar-refractivity contribution in [3.05, 3.63) is 0 Å². The topological polar surface area (TPSA) is 74.5 Å². The average Bonchev–Trinajstić information content (AvgIpc) is 2.67. The zero-order chi connectivity index (χ0) is 11.0. The van der Waals surface area contributed by atoms with Crippen molar-refractivity contribution in [1.82, 2.24) is 5.06 Å². The average molecular weight is 234 g/mol. The maximum atomic E-state index is 9.71. The van der Waals surface area contributed by atoms with Crippen LogP contribution >= 0.6 is 11.8 Å². The molecule has 86 valence electrons. The maximum absolute atomic E-state index is 9.71. The van der Waals surface area contributed by atoms with Crippen LogP contribution in [0.5, 0.6) is 0 Å². The number of nitrogens with zero attached hydrogens (tertiary/aromatic N) is 2. The van der Waals surface area contributed by atoms with Crippen LogP contribution in [0.25, 0.3) is 0 Å². The Hall–Kier alpha value is -0.340. The van der Waals surface area contributed by atoms with E-state index >= 15 is 0 Å². The lowest BCUT2D eigenvalue weighted by atomic mass is 10.1. The first-order valence-corrected chi connectivity index (χ1v) is 5.51. The van der Waals surface area contributed by atoms with Gasteiger partial charge >= 0.3 is 0 Å². The molecule has 1 saturated heterocycles. The van der Waals surface area contributed by atoms with Crippen LogP contribution in [0.15, 0.2) is 4.99 Å². The van der Waals surface area contributed by atoms with E-state index in [4.69, 9.17) is 9.57 Å². The number of thioether (sulfide) groups is 1. The third-order valence-corrected chi connectivity index (χ3v) is 3.70. The van der Waals surface area contributed by atoms with Gasteiger partial charge in [-0.05, 0) is 0 Å². The van der Waals surface area contributed by atoms with Crippen molar-refractivity contribution in [2.45, 2.75) is 23.7 Å². The molecular formula is C8H14N2O4S. The Kier molecular flexibility index (Phi) is 3.17. The van der Waals surface area contributed by atoms with E-state index in [1.54, 1.807) is 7.05 Å². The Morgan fingerprint density at radius 1 is 1.60 bits per heavy atom. The molecule has 0 aromatic heterocycles. The summed E-state index contributed by atoms with van der Waals surface area (Å²) >= 11 is 1.39. The van der Waals surface area contributed by atoms with Crippen molar-refractivity contribution in [3.63, 3.8) is 0 Å².